The van der Waals surface area contributed by atoms with Gasteiger partial charge in [-0.1, -0.05) is 11.8 Å². The van der Waals surface area contributed by atoms with Gasteiger partial charge in [-0.2, -0.15) is 0 Å². The van der Waals surface area contributed by atoms with Gasteiger partial charge in [0.15, 0.2) is 5.16 Å². The molecule has 0 aliphatic carbocycles. The molecule has 1 atom stereocenters. The fourth-order valence-corrected chi connectivity index (χ4v) is 2.96. The van der Waals surface area contributed by atoms with Crippen molar-refractivity contribution in [1.82, 2.24) is 14.9 Å². The maximum absolute atomic E-state index is 12.1. The van der Waals surface area contributed by atoms with Gasteiger partial charge in [0.2, 0.25) is 11.8 Å². The molecule has 1 aliphatic rings. The number of carbonyl (C=O) groups is 2. The Kier molecular flexibility index (Phi) is 4.84. The van der Waals surface area contributed by atoms with Crippen molar-refractivity contribution in [3.05, 3.63) is 6.07 Å². The summed E-state index contributed by atoms with van der Waals surface area (Å²) < 4.78 is 0. The Morgan fingerprint density at radius 1 is 1.33 bits per heavy atom. The number of nitrogens with zero attached hydrogens (tertiary/aromatic N) is 3. The van der Waals surface area contributed by atoms with E-state index in [1.807, 2.05) is 0 Å². The van der Waals surface area contributed by atoms with Gasteiger partial charge in [0, 0.05) is 19.2 Å². The number of rotatable bonds is 4. The van der Waals surface area contributed by atoms with Gasteiger partial charge in [-0.3, -0.25) is 9.59 Å². The SMILES string of the molecule is NC(=O)C1CCCN(C(=O)CSc2nc(N)cc(N)n2)C1. The largest absolute Gasteiger partial charge is 0.383 e. The Morgan fingerprint density at radius 3 is 2.62 bits per heavy atom. The number of piperidine rings is 1. The summed E-state index contributed by atoms with van der Waals surface area (Å²) in [7, 11) is 0. The first-order chi connectivity index (χ1) is 9.95. The summed E-state index contributed by atoms with van der Waals surface area (Å²) in [5.74, 6) is 0.0250. The number of hydrogen-bond donors (Lipinski definition) is 3. The molecule has 0 bridgehead atoms. The predicted molar refractivity (Wildman–Crippen MR) is 80.1 cm³/mol. The van der Waals surface area contributed by atoms with E-state index in [4.69, 9.17) is 17.2 Å². The fraction of sp³-hybridized carbons (Fsp3) is 0.500. The number of anilines is 2. The molecule has 1 saturated heterocycles. The Bertz CT molecular complexity index is 532. The van der Waals surface area contributed by atoms with Crippen molar-refractivity contribution in [2.24, 2.45) is 11.7 Å². The van der Waals surface area contributed by atoms with Crippen molar-refractivity contribution in [1.29, 1.82) is 0 Å². The van der Waals surface area contributed by atoms with Gasteiger partial charge in [0.05, 0.1) is 11.7 Å². The van der Waals surface area contributed by atoms with Crippen molar-refractivity contribution in [3.63, 3.8) is 0 Å². The van der Waals surface area contributed by atoms with Gasteiger partial charge >= 0.3 is 0 Å². The lowest BCUT2D eigenvalue weighted by Gasteiger charge is -2.31. The van der Waals surface area contributed by atoms with Gasteiger partial charge in [-0.25, -0.2) is 9.97 Å². The normalized spacial score (nSPS) is 18.5. The number of nitrogens with two attached hydrogens (primary N) is 3. The second-order valence-corrected chi connectivity index (χ2v) is 5.81. The lowest BCUT2D eigenvalue weighted by molar-refractivity contribution is -0.132. The van der Waals surface area contributed by atoms with Crippen LogP contribution in [0.25, 0.3) is 0 Å². The number of primary amides is 1. The first-order valence-electron chi connectivity index (χ1n) is 6.55. The minimum Gasteiger partial charge on any atom is -0.383 e. The zero-order valence-corrected chi connectivity index (χ0v) is 12.3. The van der Waals surface area contributed by atoms with E-state index in [9.17, 15) is 9.59 Å². The fourth-order valence-electron chi connectivity index (χ4n) is 2.18. The van der Waals surface area contributed by atoms with Crippen molar-refractivity contribution in [2.75, 3.05) is 30.3 Å². The average Bonchev–Trinajstić information content (AvgIpc) is 2.44. The molecular weight excluding hydrogens is 292 g/mol. The van der Waals surface area contributed by atoms with E-state index < -0.39 is 0 Å². The third-order valence-corrected chi connectivity index (χ3v) is 4.08. The molecule has 1 fully saturated rings. The maximum Gasteiger partial charge on any atom is 0.233 e. The highest BCUT2D eigenvalue weighted by atomic mass is 32.2. The first-order valence-corrected chi connectivity index (χ1v) is 7.54. The molecule has 9 heteroatoms. The highest BCUT2D eigenvalue weighted by molar-refractivity contribution is 7.99. The number of nitrogen functional groups attached to an aromatic ring is 2. The molecule has 2 amide bonds. The number of thioether (sulfide) groups is 1. The number of hydrogen-bond acceptors (Lipinski definition) is 7. The van der Waals surface area contributed by atoms with Crippen LogP contribution in [-0.4, -0.2) is 45.5 Å². The number of amides is 2. The number of likely N-dealkylation sites (tertiary alicyclic amines) is 1. The van der Waals surface area contributed by atoms with Crippen molar-refractivity contribution >= 4 is 35.2 Å². The molecular formula is C12H18N6O2S. The summed E-state index contributed by atoms with van der Waals surface area (Å²) in [6.45, 7) is 1.03. The molecule has 0 spiro atoms. The summed E-state index contributed by atoms with van der Waals surface area (Å²) in [6, 6.07) is 1.45. The maximum atomic E-state index is 12.1. The van der Waals surface area contributed by atoms with Gasteiger partial charge in [-0.15, -0.1) is 0 Å². The predicted octanol–water partition coefficient (Wildman–Crippen LogP) is -0.543. The van der Waals surface area contributed by atoms with Gasteiger partial charge in [-0.05, 0) is 12.8 Å². The van der Waals surface area contributed by atoms with Gasteiger partial charge in [0.25, 0.3) is 0 Å². The number of aromatic nitrogens is 2. The van der Waals surface area contributed by atoms with Crippen LogP contribution in [0.2, 0.25) is 0 Å². The Labute approximate surface area is 126 Å². The Hall–Kier alpha value is -2.03. The van der Waals surface area contributed by atoms with E-state index in [1.54, 1.807) is 4.90 Å². The molecule has 0 aromatic carbocycles. The first kappa shape index (κ1) is 15.4. The lowest BCUT2D eigenvalue weighted by atomic mass is 9.97. The molecule has 1 aromatic rings. The second kappa shape index (κ2) is 6.61. The molecule has 0 saturated carbocycles. The van der Waals surface area contributed by atoms with Crippen molar-refractivity contribution < 1.29 is 9.59 Å². The van der Waals surface area contributed by atoms with Crippen molar-refractivity contribution in [2.45, 2.75) is 18.0 Å². The molecule has 2 heterocycles. The summed E-state index contributed by atoms with van der Waals surface area (Å²) in [5, 5.41) is 0.365. The lowest BCUT2D eigenvalue weighted by Crippen LogP contribution is -2.44. The zero-order chi connectivity index (χ0) is 15.4. The van der Waals surface area contributed by atoms with Crippen LogP contribution < -0.4 is 17.2 Å². The Balaban J connectivity index is 1.90. The highest BCUT2D eigenvalue weighted by Crippen LogP contribution is 2.20. The van der Waals surface area contributed by atoms with Crippen LogP contribution in [0.15, 0.2) is 11.2 Å². The third kappa shape index (κ3) is 4.22. The molecule has 6 N–H and O–H groups in total. The average molecular weight is 310 g/mol. The minimum absolute atomic E-state index is 0.0736. The Morgan fingerprint density at radius 2 is 2.00 bits per heavy atom. The topological polar surface area (TPSA) is 141 Å². The van der Waals surface area contributed by atoms with Crippen LogP contribution in [-0.2, 0) is 9.59 Å². The van der Waals surface area contributed by atoms with E-state index in [2.05, 4.69) is 9.97 Å². The van der Waals surface area contributed by atoms with Crippen LogP contribution in [0.5, 0.6) is 0 Å². The summed E-state index contributed by atoms with van der Waals surface area (Å²) in [5.41, 5.74) is 16.4. The molecule has 1 aromatic heterocycles. The van der Waals surface area contributed by atoms with Crippen molar-refractivity contribution in [3.8, 4) is 0 Å². The molecule has 1 aliphatic heterocycles. The third-order valence-electron chi connectivity index (χ3n) is 3.25. The van der Waals surface area contributed by atoms with Crippen LogP contribution in [0.1, 0.15) is 12.8 Å². The monoisotopic (exact) mass is 310 g/mol. The van der Waals surface area contributed by atoms with E-state index in [1.165, 1.54) is 17.8 Å². The molecule has 1 unspecified atom stereocenters. The zero-order valence-electron chi connectivity index (χ0n) is 11.5. The number of carbonyl (C=O) groups excluding carboxylic acids is 2. The molecule has 2 rings (SSSR count). The summed E-state index contributed by atoms with van der Waals surface area (Å²) in [6.07, 6.45) is 1.52. The summed E-state index contributed by atoms with van der Waals surface area (Å²) in [4.78, 5) is 33.0. The molecule has 114 valence electrons. The van der Waals surface area contributed by atoms with Crippen LogP contribution in [0.3, 0.4) is 0 Å². The van der Waals surface area contributed by atoms with Crippen LogP contribution in [0.4, 0.5) is 11.6 Å². The summed E-state index contributed by atoms with van der Waals surface area (Å²) >= 11 is 1.17. The second-order valence-electron chi connectivity index (χ2n) is 4.87. The van der Waals surface area contributed by atoms with E-state index in [0.29, 0.717) is 18.2 Å². The van der Waals surface area contributed by atoms with E-state index in [0.717, 1.165) is 12.8 Å². The van der Waals surface area contributed by atoms with Crippen LogP contribution >= 0.6 is 11.8 Å². The van der Waals surface area contributed by atoms with Gasteiger partial charge < -0.3 is 22.1 Å². The minimum atomic E-state index is -0.355. The molecule has 21 heavy (non-hydrogen) atoms. The van der Waals surface area contributed by atoms with Crippen LogP contribution in [0, 0.1) is 5.92 Å². The quantitative estimate of drug-likeness (QED) is 0.500. The highest BCUT2D eigenvalue weighted by Gasteiger charge is 2.26. The van der Waals surface area contributed by atoms with E-state index in [-0.39, 0.29) is 35.1 Å². The molecule has 8 nitrogen and oxygen atoms in total. The van der Waals surface area contributed by atoms with E-state index >= 15 is 0 Å². The standard InChI is InChI=1S/C12H18N6O2S/c13-8-4-9(14)17-12(16-8)21-6-10(19)18-3-1-2-7(5-18)11(15)20/h4,7H,1-3,5-6H2,(H2,15,20)(H4,13,14,16,17). The molecule has 0 radical (unpaired) electrons. The smallest absolute Gasteiger partial charge is 0.233 e. The van der Waals surface area contributed by atoms with Gasteiger partial charge in [0.1, 0.15) is 11.6 Å².